The second kappa shape index (κ2) is 5.58. The van der Waals surface area contributed by atoms with Gasteiger partial charge in [-0.05, 0) is 31.7 Å². The number of halogens is 1. The van der Waals surface area contributed by atoms with Crippen molar-refractivity contribution in [1.29, 1.82) is 0 Å². The zero-order valence-corrected chi connectivity index (χ0v) is 11.9. The lowest BCUT2D eigenvalue weighted by Crippen LogP contribution is -2.49. The third-order valence-electron chi connectivity index (χ3n) is 4.17. The highest BCUT2D eigenvalue weighted by molar-refractivity contribution is 6.30. The number of amides is 1. The number of primary amides is 1. The summed E-state index contributed by atoms with van der Waals surface area (Å²) in [6, 6.07) is 4.37. The number of nitrogens with two attached hydrogens (primary N) is 1. The summed E-state index contributed by atoms with van der Waals surface area (Å²) in [4.78, 5) is 17.5. The molecule has 2 aliphatic rings. The van der Waals surface area contributed by atoms with Gasteiger partial charge in [0.2, 0.25) is 11.8 Å². The van der Waals surface area contributed by atoms with Crippen LogP contribution in [-0.4, -0.2) is 40.5 Å². The molecule has 0 aliphatic carbocycles. The van der Waals surface area contributed by atoms with Gasteiger partial charge in [0.05, 0.1) is 11.6 Å². The first-order valence-electron chi connectivity index (χ1n) is 6.94. The fourth-order valence-electron chi connectivity index (χ4n) is 3.36. The fraction of sp³-hybridized carbons (Fsp3) is 0.571. The molecule has 20 heavy (non-hydrogen) atoms. The van der Waals surface area contributed by atoms with Crippen LogP contribution in [0.25, 0.3) is 0 Å². The van der Waals surface area contributed by atoms with E-state index in [2.05, 4.69) is 9.88 Å². The maximum Gasteiger partial charge on any atom is 0.231 e. The number of carbonyl (C=O) groups is 1. The monoisotopic (exact) mass is 295 g/mol. The minimum absolute atomic E-state index is 0.158. The van der Waals surface area contributed by atoms with E-state index >= 15 is 0 Å². The summed E-state index contributed by atoms with van der Waals surface area (Å²) in [6.07, 6.45) is 5.83. The molecule has 2 unspecified atom stereocenters. The molecule has 0 radical (unpaired) electrons. The number of hydrogen-bond donors (Lipinski definition) is 1. The van der Waals surface area contributed by atoms with Crippen molar-refractivity contribution in [1.82, 2.24) is 9.88 Å². The summed E-state index contributed by atoms with van der Waals surface area (Å²) in [5, 5.41) is 0.605. The molecule has 0 spiro atoms. The van der Waals surface area contributed by atoms with E-state index in [0.717, 1.165) is 25.7 Å². The Hall–Kier alpha value is -1.33. The van der Waals surface area contributed by atoms with Crippen LogP contribution in [0.3, 0.4) is 0 Å². The van der Waals surface area contributed by atoms with Gasteiger partial charge in [-0.15, -0.1) is 0 Å². The van der Waals surface area contributed by atoms with Crippen LogP contribution >= 0.6 is 11.6 Å². The van der Waals surface area contributed by atoms with E-state index in [4.69, 9.17) is 22.1 Å². The Bertz CT molecular complexity index is 480. The Morgan fingerprint density at radius 1 is 1.40 bits per heavy atom. The molecular formula is C14H18ClN3O2. The number of pyridine rings is 1. The second-order valence-electron chi connectivity index (χ2n) is 5.55. The first-order chi connectivity index (χ1) is 9.61. The number of nitrogens with zero attached hydrogens (tertiary/aromatic N) is 2. The average Bonchev–Trinajstić information content (AvgIpc) is 2.64. The van der Waals surface area contributed by atoms with Gasteiger partial charge in [0.15, 0.2) is 0 Å². The van der Waals surface area contributed by atoms with Crippen LogP contribution in [0.2, 0.25) is 5.02 Å². The molecule has 1 aromatic rings. The van der Waals surface area contributed by atoms with Crippen molar-refractivity contribution in [2.24, 2.45) is 5.73 Å². The maximum absolute atomic E-state index is 11.1. The molecule has 2 saturated heterocycles. The van der Waals surface area contributed by atoms with Gasteiger partial charge in [0.25, 0.3) is 0 Å². The lowest BCUT2D eigenvalue weighted by molar-refractivity contribution is -0.120. The van der Waals surface area contributed by atoms with Crippen LogP contribution < -0.4 is 10.5 Å². The van der Waals surface area contributed by atoms with Gasteiger partial charge in [-0.25, -0.2) is 4.98 Å². The Balaban J connectivity index is 1.62. The molecule has 0 aromatic carbocycles. The van der Waals surface area contributed by atoms with Crippen molar-refractivity contribution in [2.45, 2.75) is 43.9 Å². The lowest BCUT2D eigenvalue weighted by atomic mass is 9.99. The molecule has 2 atom stereocenters. The minimum atomic E-state index is -0.249. The van der Waals surface area contributed by atoms with Crippen molar-refractivity contribution in [3.05, 3.63) is 23.4 Å². The number of hydrogen-bond acceptors (Lipinski definition) is 4. The molecule has 108 valence electrons. The first-order valence-corrected chi connectivity index (χ1v) is 7.32. The molecule has 3 rings (SSSR count). The average molecular weight is 296 g/mol. The van der Waals surface area contributed by atoms with Gasteiger partial charge in [-0.2, -0.15) is 0 Å². The minimum Gasteiger partial charge on any atom is -0.474 e. The largest absolute Gasteiger partial charge is 0.474 e. The fourth-order valence-corrected chi connectivity index (χ4v) is 3.47. The van der Waals surface area contributed by atoms with Crippen LogP contribution in [0.15, 0.2) is 18.3 Å². The number of fused-ring (bicyclic) bond motifs is 2. The highest BCUT2D eigenvalue weighted by Gasteiger charge is 2.42. The molecule has 2 bridgehead atoms. The summed E-state index contributed by atoms with van der Waals surface area (Å²) < 4.78 is 5.93. The molecular weight excluding hydrogens is 278 g/mol. The molecule has 0 saturated carbocycles. The van der Waals surface area contributed by atoms with Gasteiger partial charge in [-0.1, -0.05) is 11.6 Å². The zero-order chi connectivity index (χ0) is 14.1. The summed E-state index contributed by atoms with van der Waals surface area (Å²) in [5.41, 5.74) is 5.31. The summed E-state index contributed by atoms with van der Waals surface area (Å²) in [6.45, 7) is 0.362. The van der Waals surface area contributed by atoms with Crippen molar-refractivity contribution in [3.8, 4) is 5.88 Å². The molecule has 1 amide bonds. The lowest BCUT2D eigenvalue weighted by Gasteiger charge is -2.37. The first kappa shape index (κ1) is 13.6. The topological polar surface area (TPSA) is 68.5 Å². The third kappa shape index (κ3) is 2.88. The van der Waals surface area contributed by atoms with E-state index in [0.29, 0.717) is 29.5 Å². The molecule has 5 nitrogen and oxygen atoms in total. The Morgan fingerprint density at radius 3 is 2.65 bits per heavy atom. The summed E-state index contributed by atoms with van der Waals surface area (Å²) in [7, 11) is 0. The molecule has 2 fully saturated rings. The highest BCUT2D eigenvalue weighted by atomic mass is 35.5. The number of ether oxygens (including phenoxy) is 1. The van der Waals surface area contributed by atoms with Gasteiger partial charge in [0.1, 0.15) is 6.10 Å². The SMILES string of the molecule is NC(=O)CN1C2CCC1CC(Oc1ccc(Cl)cn1)C2. The van der Waals surface area contributed by atoms with E-state index < -0.39 is 0 Å². The standard InChI is InChI=1S/C14H18ClN3O2/c15-9-1-4-14(17-7-9)20-12-5-10-2-3-11(6-12)18(10)8-13(16)19/h1,4,7,10-12H,2-3,5-6,8H2,(H2,16,19). The van der Waals surface area contributed by atoms with Crippen LogP contribution in [0.4, 0.5) is 0 Å². The second-order valence-corrected chi connectivity index (χ2v) is 5.99. The molecule has 2 aliphatic heterocycles. The molecule has 2 N–H and O–H groups in total. The van der Waals surface area contributed by atoms with Crippen LogP contribution in [0.5, 0.6) is 5.88 Å². The Morgan fingerprint density at radius 2 is 2.10 bits per heavy atom. The van der Waals surface area contributed by atoms with Crippen LogP contribution in [0.1, 0.15) is 25.7 Å². The summed E-state index contributed by atoms with van der Waals surface area (Å²) >= 11 is 5.81. The van der Waals surface area contributed by atoms with Crippen molar-refractivity contribution < 1.29 is 9.53 Å². The third-order valence-corrected chi connectivity index (χ3v) is 4.39. The van der Waals surface area contributed by atoms with Gasteiger partial charge < -0.3 is 10.5 Å². The van der Waals surface area contributed by atoms with Gasteiger partial charge in [-0.3, -0.25) is 9.69 Å². The van der Waals surface area contributed by atoms with E-state index in [-0.39, 0.29) is 12.0 Å². The quantitative estimate of drug-likeness (QED) is 0.916. The number of rotatable bonds is 4. The number of aromatic nitrogens is 1. The van der Waals surface area contributed by atoms with E-state index in [1.54, 1.807) is 18.3 Å². The van der Waals surface area contributed by atoms with Crippen LogP contribution in [0, 0.1) is 0 Å². The van der Waals surface area contributed by atoms with E-state index in [1.807, 2.05) is 0 Å². The molecule has 1 aromatic heterocycles. The highest BCUT2D eigenvalue weighted by Crippen LogP contribution is 2.36. The predicted octanol–water partition coefficient (Wildman–Crippen LogP) is 1.59. The van der Waals surface area contributed by atoms with Gasteiger partial charge in [0, 0.05) is 24.3 Å². The van der Waals surface area contributed by atoms with Crippen LogP contribution in [-0.2, 0) is 4.79 Å². The maximum atomic E-state index is 11.1. The number of carbonyl (C=O) groups excluding carboxylic acids is 1. The van der Waals surface area contributed by atoms with E-state index in [1.165, 1.54) is 0 Å². The van der Waals surface area contributed by atoms with Gasteiger partial charge >= 0.3 is 0 Å². The van der Waals surface area contributed by atoms with E-state index in [9.17, 15) is 4.79 Å². The Kier molecular flexibility index (Phi) is 3.81. The molecule has 6 heteroatoms. The molecule has 3 heterocycles. The Labute approximate surface area is 123 Å². The smallest absolute Gasteiger partial charge is 0.231 e. The van der Waals surface area contributed by atoms with Crippen molar-refractivity contribution in [2.75, 3.05) is 6.54 Å². The number of piperidine rings is 1. The predicted molar refractivity (Wildman–Crippen MR) is 75.6 cm³/mol. The van der Waals surface area contributed by atoms with Crippen molar-refractivity contribution >= 4 is 17.5 Å². The zero-order valence-electron chi connectivity index (χ0n) is 11.2. The van der Waals surface area contributed by atoms with Crippen molar-refractivity contribution in [3.63, 3.8) is 0 Å². The summed E-state index contributed by atoms with van der Waals surface area (Å²) in [5.74, 6) is 0.364. The normalized spacial score (nSPS) is 29.4.